The van der Waals surface area contributed by atoms with E-state index in [4.69, 9.17) is 14.5 Å². The number of hydrogen-bond acceptors (Lipinski definition) is 7. The maximum atomic E-state index is 11.2. The van der Waals surface area contributed by atoms with Gasteiger partial charge in [-0.05, 0) is 0 Å². The van der Waals surface area contributed by atoms with Gasteiger partial charge in [0.15, 0.2) is 11.4 Å². The molecule has 0 bridgehead atoms. The number of aliphatic hydroxyl groups excluding tert-OH is 1. The van der Waals surface area contributed by atoms with Crippen LogP contribution < -0.4 is 5.56 Å². The van der Waals surface area contributed by atoms with Gasteiger partial charge in [-0.25, -0.2) is 4.57 Å². The van der Waals surface area contributed by atoms with E-state index in [9.17, 15) is 14.5 Å². The summed E-state index contributed by atoms with van der Waals surface area (Å²) in [6.45, 7) is -0.415. The molecule has 20 heavy (non-hydrogen) atoms. The number of phosphoric ester groups is 1. The van der Waals surface area contributed by atoms with Gasteiger partial charge in [-0.1, -0.05) is 11.8 Å². The molecule has 1 aromatic heterocycles. The van der Waals surface area contributed by atoms with E-state index in [0.29, 0.717) is 5.16 Å². The molecule has 9 nitrogen and oxygen atoms in total. The highest BCUT2D eigenvalue weighted by molar-refractivity contribution is 8.00. The van der Waals surface area contributed by atoms with Gasteiger partial charge in [-0.3, -0.25) is 13.9 Å². The molecule has 0 radical (unpaired) electrons. The Bertz CT molecular complexity index is 631. The topological polar surface area (TPSA) is 131 Å². The Morgan fingerprint density at radius 1 is 1.55 bits per heavy atom. The zero-order valence-electron chi connectivity index (χ0n) is 9.90. The minimum absolute atomic E-state index is 0.375. The van der Waals surface area contributed by atoms with Crippen LogP contribution in [0.1, 0.15) is 6.23 Å². The molecular weight excluding hydrogens is 311 g/mol. The first-order chi connectivity index (χ1) is 9.35. The maximum Gasteiger partial charge on any atom is 0.469 e. The van der Waals surface area contributed by atoms with E-state index >= 15 is 0 Å². The Balaban J connectivity index is 1.77. The van der Waals surface area contributed by atoms with Gasteiger partial charge in [0, 0.05) is 12.3 Å². The van der Waals surface area contributed by atoms with Gasteiger partial charge in [-0.15, -0.1) is 0 Å². The lowest BCUT2D eigenvalue weighted by Crippen LogP contribution is -2.31. The van der Waals surface area contributed by atoms with Crippen molar-refractivity contribution in [1.82, 2.24) is 9.55 Å². The zero-order chi connectivity index (χ0) is 14.5. The van der Waals surface area contributed by atoms with Crippen LogP contribution in [0.4, 0.5) is 0 Å². The fraction of sp³-hybridized carbons (Fsp3) is 0.556. The standard InChI is InChI=1S/C9H11N2O7PS/c12-5-1-2-11-8-7(20-9(11)10-5)6(13)4(18-8)3-17-19(14,15)16/h1-2,4,6-8,13H,3H2,(H2,14,15,16)/t4-,6-,7+,8-/m1/s1. The molecule has 110 valence electrons. The van der Waals surface area contributed by atoms with Crippen LogP contribution in [-0.4, -0.2) is 48.5 Å². The first kappa shape index (κ1) is 14.2. The summed E-state index contributed by atoms with van der Waals surface area (Å²) < 4.78 is 22.2. The first-order valence-electron chi connectivity index (χ1n) is 5.64. The summed E-state index contributed by atoms with van der Waals surface area (Å²) in [6.07, 6.45) is -0.851. The van der Waals surface area contributed by atoms with Crippen LogP contribution in [0.3, 0.4) is 0 Å². The summed E-state index contributed by atoms with van der Waals surface area (Å²) in [6, 6.07) is 1.28. The highest BCUT2D eigenvalue weighted by Crippen LogP contribution is 2.47. The smallest absolute Gasteiger partial charge is 0.389 e. The van der Waals surface area contributed by atoms with Crippen molar-refractivity contribution in [1.29, 1.82) is 0 Å². The summed E-state index contributed by atoms with van der Waals surface area (Å²) in [5, 5.41) is 10.2. The highest BCUT2D eigenvalue weighted by Gasteiger charge is 2.50. The van der Waals surface area contributed by atoms with Crippen LogP contribution in [0, 0.1) is 0 Å². The Morgan fingerprint density at radius 3 is 3.00 bits per heavy atom. The lowest BCUT2D eigenvalue weighted by Gasteiger charge is -2.17. The molecule has 2 aliphatic heterocycles. The minimum atomic E-state index is -4.61. The Kier molecular flexibility index (Phi) is 3.49. The van der Waals surface area contributed by atoms with Crippen molar-refractivity contribution in [2.24, 2.45) is 0 Å². The molecule has 11 heteroatoms. The Hall–Kier alpha value is -0.740. The summed E-state index contributed by atoms with van der Waals surface area (Å²) in [5.41, 5.74) is -0.375. The normalized spacial score (nSPS) is 32.1. The number of hydrogen-bond donors (Lipinski definition) is 3. The Morgan fingerprint density at radius 2 is 2.30 bits per heavy atom. The second-order valence-electron chi connectivity index (χ2n) is 4.38. The summed E-state index contributed by atoms with van der Waals surface area (Å²) in [7, 11) is -4.61. The summed E-state index contributed by atoms with van der Waals surface area (Å²) >= 11 is 1.19. The second kappa shape index (κ2) is 4.92. The number of rotatable bonds is 3. The number of aromatic nitrogens is 2. The van der Waals surface area contributed by atoms with Crippen LogP contribution in [0.25, 0.3) is 0 Å². The van der Waals surface area contributed by atoms with Gasteiger partial charge in [0.2, 0.25) is 0 Å². The lowest BCUT2D eigenvalue weighted by atomic mass is 10.2. The highest BCUT2D eigenvalue weighted by atomic mass is 32.2. The number of phosphoric acid groups is 1. The van der Waals surface area contributed by atoms with Gasteiger partial charge in [-0.2, -0.15) is 4.98 Å². The molecule has 0 spiro atoms. The minimum Gasteiger partial charge on any atom is -0.389 e. The van der Waals surface area contributed by atoms with E-state index in [-0.39, 0.29) is 5.56 Å². The zero-order valence-corrected chi connectivity index (χ0v) is 11.6. The van der Waals surface area contributed by atoms with Crippen LogP contribution in [0.2, 0.25) is 0 Å². The average molecular weight is 322 g/mol. The predicted molar refractivity (Wildman–Crippen MR) is 66.1 cm³/mol. The molecule has 1 aromatic rings. The summed E-state index contributed by atoms with van der Waals surface area (Å²) in [5.74, 6) is 0. The molecule has 1 fully saturated rings. The fourth-order valence-electron chi connectivity index (χ4n) is 2.18. The molecule has 4 atom stereocenters. The van der Waals surface area contributed by atoms with Crippen molar-refractivity contribution in [3.05, 3.63) is 22.6 Å². The van der Waals surface area contributed by atoms with Gasteiger partial charge in [0.1, 0.15) is 6.10 Å². The second-order valence-corrected chi connectivity index (χ2v) is 6.76. The van der Waals surface area contributed by atoms with Crippen LogP contribution >= 0.6 is 19.6 Å². The van der Waals surface area contributed by atoms with Crippen LogP contribution in [0.5, 0.6) is 0 Å². The third-order valence-corrected chi connectivity index (χ3v) is 4.82. The SMILES string of the molecule is O=c1ccn2c(n1)S[C@H]1[C@H](O)[C@@H](COP(=O)(O)O)O[C@H]12. The van der Waals surface area contributed by atoms with Gasteiger partial charge < -0.3 is 19.6 Å². The maximum absolute atomic E-state index is 11.2. The monoisotopic (exact) mass is 322 g/mol. The van der Waals surface area contributed by atoms with Gasteiger partial charge in [0.25, 0.3) is 5.56 Å². The van der Waals surface area contributed by atoms with Gasteiger partial charge >= 0.3 is 7.82 Å². The predicted octanol–water partition coefficient (Wildman–Crippen LogP) is -0.915. The summed E-state index contributed by atoms with van der Waals surface area (Å²) in [4.78, 5) is 32.3. The molecule has 0 aliphatic carbocycles. The molecular formula is C9H11N2O7PS. The Labute approximate surface area is 116 Å². The van der Waals surface area contributed by atoms with Crippen molar-refractivity contribution in [2.75, 3.05) is 6.61 Å². The van der Waals surface area contributed by atoms with E-state index in [1.165, 1.54) is 24.0 Å². The van der Waals surface area contributed by atoms with Crippen LogP contribution in [0.15, 0.2) is 22.2 Å². The first-order valence-corrected chi connectivity index (χ1v) is 8.05. The molecule has 1 saturated heterocycles. The lowest BCUT2D eigenvalue weighted by molar-refractivity contribution is -0.0458. The van der Waals surface area contributed by atoms with Crippen molar-refractivity contribution in [2.45, 2.75) is 28.8 Å². The molecule has 0 unspecified atom stereocenters. The number of nitrogens with zero attached hydrogens (tertiary/aromatic N) is 2. The van der Waals surface area contributed by atoms with E-state index in [1.807, 2.05) is 0 Å². The van der Waals surface area contributed by atoms with E-state index in [2.05, 4.69) is 9.51 Å². The third kappa shape index (κ3) is 2.56. The van der Waals surface area contributed by atoms with E-state index in [1.54, 1.807) is 4.57 Å². The fourth-order valence-corrected chi connectivity index (χ4v) is 3.82. The van der Waals surface area contributed by atoms with E-state index < -0.39 is 38.1 Å². The average Bonchev–Trinajstić information content (AvgIpc) is 2.83. The molecule has 0 aromatic carbocycles. The van der Waals surface area contributed by atoms with Crippen molar-refractivity contribution >= 4 is 19.6 Å². The van der Waals surface area contributed by atoms with Crippen molar-refractivity contribution in [3.8, 4) is 0 Å². The molecule has 3 heterocycles. The number of fused-ring (bicyclic) bond motifs is 3. The van der Waals surface area contributed by atoms with Gasteiger partial charge in [0.05, 0.1) is 18.0 Å². The third-order valence-electron chi connectivity index (χ3n) is 3.04. The van der Waals surface area contributed by atoms with E-state index in [0.717, 1.165) is 0 Å². The van der Waals surface area contributed by atoms with Crippen molar-refractivity contribution in [3.63, 3.8) is 0 Å². The molecule has 2 aliphatic rings. The molecule has 3 N–H and O–H groups in total. The number of aliphatic hydroxyl groups is 1. The molecule has 0 amide bonds. The van der Waals surface area contributed by atoms with Crippen LogP contribution in [-0.2, 0) is 13.8 Å². The van der Waals surface area contributed by atoms with Crippen molar-refractivity contribution < 1.29 is 28.7 Å². The number of thioether (sulfide) groups is 1. The largest absolute Gasteiger partial charge is 0.469 e. The quantitative estimate of drug-likeness (QED) is 0.478. The molecule has 0 saturated carbocycles. The molecule has 3 rings (SSSR count). The number of ether oxygens (including phenoxy) is 1.